The molecule has 0 bridgehead atoms. The molecule has 2 fully saturated rings. The minimum absolute atomic E-state index is 0.101. The number of amides is 3. The van der Waals surface area contributed by atoms with E-state index >= 15 is 0 Å². The number of ether oxygens (including phenoxy) is 2. The third-order valence-electron chi connectivity index (χ3n) is 12.9. The number of benzene rings is 3. The normalized spacial score (nSPS) is 17.4. The molecule has 4 N–H and O–H groups in total. The maximum Gasteiger partial charge on any atom is 0.345 e. The van der Waals surface area contributed by atoms with Gasteiger partial charge in [0.05, 0.1) is 49.0 Å². The number of hydrogen-bond acceptors (Lipinski definition) is 10. The van der Waals surface area contributed by atoms with E-state index in [1.807, 2.05) is 37.5 Å². The number of rotatable bonds is 22. The van der Waals surface area contributed by atoms with Crippen molar-refractivity contribution in [2.75, 3.05) is 32.8 Å². The third kappa shape index (κ3) is 14.5. The quantitative estimate of drug-likeness (QED) is 0.0428. The summed E-state index contributed by atoms with van der Waals surface area (Å²) in [6.45, 7) is 0.566. The number of piperidine rings is 1. The van der Waals surface area contributed by atoms with Crippen molar-refractivity contribution in [3.05, 3.63) is 135 Å². The first-order valence-corrected chi connectivity index (χ1v) is 24.3. The predicted octanol–water partition coefficient (Wildman–Crippen LogP) is 6.67. The van der Waals surface area contributed by atoms with Crippen molar-refractivity contribution in [3.8, 4) is 22.8 Å². The highest BCUT2D eigenvalue weighted by atomic mass is 35.5. The summed E-state index contributed by atoms with van der Waals surface area (Å²) < 4.78 is 40.7. The van der Waals surface area contributed by atoms with E-state index in [4.69, 9.17) is 27.9 Å². The number of hydrogen-bond donors (Lipinski definition) is 4. The summed E-state index contributed by atoms with van der Waals surface area (Å²) in [5, 5.41) is 31.9. The molecular formula is C51H58Cl2F2N8O8. The van der Waals surface area contributed by atoms with Crippen molar-refractivity contribution >= 4 is 46.9 Å². The molecule has 378 valence electrons. The average Bonchev–Trinajstić information content (AvgIpc) is 4.00. The van der Waals surface area contributed by atoms with Crippen LogP contribution in [0.1, 0.15) is 61.7 Å². The van der Waals surface area contributed by atoms with Crippen LogP contribution in [0, 0.1) is 11.1 Å². The molecule has 20 heteroatoms. The molecule has 0 radical (unpaired) electrons. The summed E-state index contributed by atoms with van der Waals surface area (Å²) in [5.41, 5.74) is 2.28. The fourth-order valence-electron chi connectivity index (χ4n) is 9.14. The van der Waals surface area contributed by atoms with Gasteiger partial charge in [0.2, 0.25) is 17.7 Å². The molecule has 3 unspecified atom stereocenters. The highest BCUT2D eigenvalue weighted by Gasteiger charge is 2.42. The Morgan fingerprint density at radius 1 is 0.944 bits per heavy atom. The van der Waals surface area contributed by atoms with Gasteiger partial charge in [-0.05, 0) is 106 Å². The van der Waals surface area contributed by atoms with Crippen LogP contribution in [0.15, 0.2) is 97.3 Å². The van der Waals surface area contributed by atoms with Gasteiger partial charge in [-0.15, -0.1) is 0 Å². The summed E-state index contributed by atoms with van der Waals surface area (Å²) in [4.78, 5) is 62.8. The van der Waals surface area contributed by atoms with E-state index in [9.17, 15) is 38.3 Å². The zero-order chi connectivity index (χ0) is 50.7. The van der Waals surface area contributed by atoms with Crippen LogP contribution in [0.3, 0.4) is 0 Å². The number of carbonyl (C=O) groups excluding carboxylic acids is 3. The molecule has 3 amide bonds. The molecule has 4 atom stereocenters. The van der Waals surface area contributed by atoms with Crippen LogP contribution in [0.4, 0.5) is 8.78 Å². The Kier molecular flexibility index (Phi) is 18.0. The van der Waals surface area contributed by atoms with E-state index in [0.717, 1.165) is 42.3 Å². The van der Waals surface area contributed by atoms with E-state index in [0.29, 0.717) is 44.7 Å². The minimum atomic E-state index is -3.26. The third-order valence-corrected chi connectivity index (χ3v) is 13.4. The average molecular weight is 1020 g/mol. The molecular weight excluding hydrogens is 962 g/mol. The van der Waals surface area contributed by atoms with Gasteiger partial charge in [0.15, 0.2) is 11.9 Å². The summed E-state index contributed by atoms with van der Waals surface area (Å²) in [6, 6.07) is 21.6. The van der Waals surface area contributed by atoms with Crippen molar-refractivity contribution in [3.63, 3.8) is 0 Å². The van der Waals surface area contributed by atoms with Gasteiger partial charge in [-0.1, -0.05) is 47.5 Å². The summed E-state index contributed by atoms with van der Waals surface area (Å²) >= 11 is 12.6. The fraction of sp³-hybridized carbons (Fsp3) is 0.412. The van der Waals surface area contributed by atoms with Gasteiger partial charge in [0.25, 0.3) is 0 Å². The highest BCUT2D eigenvalue weighted by molar-refractivity contribution is 6.31. The van der Waals surface area contributed by atoms with Crippen molar-refractivity contribution in [1.82, 2.24) is 35.3 Å². The molecule has 2 aromatic heterocycles. The molecule has 0 aliphatic carbocycles. The van der Waals surface area contributed by atoms with Crippen LogP contribution < -0.4 is 25.4 Å². The Morgan fingerprint density at radius 3 is 2.38 bits per heavy atom. The lowest BCUT2D eigenvalue weighted by Gasteiger charge is -2.45. The minimum Gasteiger partial charge on any atom is -0.619 e. The number of imidazole rings is 1. The number of carbonyl (C=O) groups is 4. The van der Waals surface area contributed by atoms with Crippen molar-refractivity contribution < 1.29 is 47.3 Å². The lowest BCUT2D eigenvalue weighted by Crippen LogP contribution is -2.65. The Bertz CT molecular complexity index is 2640. The van der Waals surface area contributed by atoms with Crippen LogP contribution in [-0.2, 0) is 56.9 Å². The number of pyridine rings is 1. The second-order valence-corrected chi connectivity index (χ2v) is 19.1. The van der Waals surface area contributed by atoms with Gasteiger partial charge in [-0.2, -0.15) is 13.5 Å². The predicted molar refractivity (Wildman–Crippen MR) is 262 cm³/mol. The van der Waals surface area contributed by atoms with Crippen molar-refractivity contribution in [2.45, 2.75) is 89.2 Å². The van der Waals surface area contributed by atoms with Gasteiger partial charge < -0.3 is 45.2 Å². The van der Waals surface area contributed by atoms with E-state index in [-0.39, 0.29) is 38.2 Å². The number of likely N-dealkylation sites (tertiary alicyclic amines) is 2. The summed E-state index contributed by atoms with van der Waals surface area (Å²) in [5.74, 6) is -2.47. The second kappa shape index (κ2) is 24.3. The smallest absolute Gasteiger partial charge is 0.345 e. The maximum absolute atomic E-state index is 14.3. The number of alkyl halides is 2. The molecule has 4 heterocycles. The van der Waals surface area contributed by atoms with Crippen molar-refractivity contribution in [2.24, 2.45) is 13.0 Å². The largest absolute Gasteiger partial charge is 0.619 e. The zero-order valence-electron chi connectivity index (χ0n) is 39.5. The number of carboxylic acid groups (broad SMARTS) is 1. The fourth-order valence-corrected chi connectivity index (χ4v) is 9.43. The van der Waals surface area contributed by atoms with Gasteiger partial charge in [-0.25, -0.2) is 4.98 Å². The molecule has 7 rings (SSSR count). The number of carboxylic acids is 1. The Balaban J connectivity index is 1.03. The molecule has 0 saturated carbocycles. The molecule has 5 aromatic rings. The molecule has 3 aromatic carbocycles. The van der Waals surface area contributed by atoms with Crippen LogP contribution >= 0.6 is 23.2 Å². The lowest BCUT2D eigenvalue weighted by atomic mass is 9.82. The number of halogens is 4. The van der Waals surface area contributed by atoms with Gasteiger partial charge in [0, 0.05) is 66.4 Å². The second-order valence-electron chi connectivity index (χ2n) is 18.2. The molecule has 2 saturated heterocycles. The number of nitrogens with one attached hydrogen (secondary N) is 3. The Hall–Kier alpha value is -6.18. The van der Waals surface area contributed by atoms with Gasteiger partial charge >= 0.3 is 12.6 Å². The topological polar surface area (TPSA) is 194 Å². The van der Waals surface area contributed by atoms with Gasteiger partial charge in [0.1, 0.15) is 23.4 Å². The van der Waals surface area contributed by atoms with Gasteiger partial charge in [-0.3, -0.25) is 24.1 Å². The molecule has 2 aliphatic heterocycles. The van der Waals surface area contributed by atoms with E-state index in [2.05, 4.69) is 35.1 Å². The standard InChI is InChI=1S/C51H58Cl2F2N8O8/c1-33(56-28-36-11-16-39(53)26-44(36)71-41-17-12-35(13-18-41)43-29-57-45(60(43)2)30-61-20-5-6-21-61)47(66)58-42(31-70-50(54)55)48(67)59-51(27-34-9-14-38(52)15-10-34)19-7-22-62(32-51)49(68)37(25-46(64)65)24-40-8-3-4-23-63(40)69/h3-4,8-18,23,26,29,33,37,42,50,56H,5-7,19-22,24-25,27-28,30-32H2,1-2H3,(H,58,66)(H,59,67)(H,64,65)/t33?,37?,42?,51-/m1/s1. The molecule has 0 spiro atoms. The Labute approximate surface area is 420 Å². The number of aromatic nitrogens is 3. The summed E-state index contributed by atoms with van der Waals surface area (Å²) in [7, 11) is 2.01. The lowest BCUT2D eigenvalue weighted by molar-refractivity contribution is -0.614. The molecule has 2 aliphatic rings. The number of aliphatic carboxylic acids is 1. The Morgan fingerprint density at radius 2 is 1.68 bits per heavy atom. The summed E-state index contributed by atoms with van der Waals surface area (Å²) in [6.07, 6.45) is 5.66. The van der Waals surface area contributed by atoms with Crippen LogP contribution in [0.5, 0.6) is 11.5 Å². The highest BCUT2D eigenvalue weighted by Crippen LogP contribution is 2.32. The number of nitrogens with zero attached hydrogens (tertiary/aromatic N) is 5. The molecule has 16 nitrogen and oxygen atoms in total. The molecule has 71 heavy (non-hydrogen) atoms. The van der Waals surface area contributed by atoms with Crippen molar-refractivity contribution in [1.29, 1.82) is 0 Å². The monoisotopic (exact) mass is 1020 g/mol. The first-order valence-electron chi connectivity index (χ1n) is 23.5. The maximum atomic E-state index is 14.3. The van der Waals surface area contributed by atoms with E-state index in [1.54, 1.807) is 55.5 Å². The van der Waals surface area contributed by atoms with Crippen LogP contribution in [-0.4, -0.2) is 105 Å². The zero-order valence-corrected chi connectivity index (χ0v) is 41.0. The van der Waals surface area contributed by atoms with Crippen LogP contribution in [0.2, 0.25) is 10.0 Å². The van der Waals surface area contributed by atoms with E-state index < -0.39 is 66.9 Å². The SMILES string of the molecule is CC(NCc1ccc(Cl)cc1Oc1ccc(-c2cnc(CN3CCCC3)n2C)cc1)C(=O)NC(COC(F)F)C(=O)N[C@@]1(Cc2ccc(Cl)cc2)CCCN(C(=O)C(CC(=O)O)Cc2cccc[n+]2[O-])C1. The first-order chi connectivity index (χ1) is 34.0. The van der Waals surface area contributed by atoms with Crippen LogP contribution in [0.25, 0.3) is 11.3 Å². The van der Waals surface area contributed by atoms with E-state index in [1.165, 1.54) is 36.1 Å². The first kappa shape index (κ1) is 52.6.